The lowest BCUT2D eigenvalue weighted by atomic mass is 9.31. The molecule has 5 rings (SSSR count). The van der Waals surface area contributed by atoms with E-state index in [4.69, 9.17) is 14.2 Å². The van der Waals surface area contributed by atoms with Crippen molar-refractivity contribution in [3.63, 3.8) is 0 Å². The van der Waals surface area contributed by atoms with E-state index in [1.165, 1.54) is 0 Å². The van der Waals surface area contributed by atoms with E-state index >= 15 is 0 Å². The largest absolute Gasteiger partial charge is 0.493 e. The van der Waals surface area contributed by atoms with Gasteiger partial charge in [0.15, 0.2) is 0 Å². The minimum absolute atomic E-state index is 0.0753. The quantitative estimate of drug-likeness (QED) is 0.284. The van der Waals surface area contributed by atoms with Crippen molar-refractivity contribution in [2.24, 2.45) is 27.6 Å². The first kappa shape index (κ1) is 26.4. The number of hydrogen-bond acceptors (Lipinski definition) is 5. The maximum absolute atomic E-state index is 13.1. The molecule has 4 bridgehead atoms. The summed E-state index contributed by atoms with van der Waals surface area (Å²) in [6.45, 7) is 12.0. The Balaban J connectivity index is 1.73. The topological polar surface area (TPSA) is 61.8 Å². The van der Waals surface area contributed by atoms with Gasteiger partial charge in [-0.1, -0.05) is 52.9 Å². The second-order valence-electron chi connectivity index (χ2n) is 13.4. The molecule has 202 valence electrons. The van der Waals surface area contributed by atoms with Crippen LogP contribution >= 0.6 is 0 Å². The van der Waals surface area contributed by atoms with Crippen LogP contribution in [-0.2, 0) is 23.8 Å². The smallest absolute Gasteiger partial charge is 0.331 e. The second kappa shape index (κ2) is 9.21. The first-order valence-electron chi connectivity index (χ1n) is 14.4. The Morgan fingerprint density at radius 2 is 1.95 bits per heavy atom. The standard InChI is InChI=1S/C32H44O5/c1-23(2)10-8-15-30-16-9-13-28(3,4)31(30)18-19-36-32(30,17-12-24-20-27(34)35-22-24)29(5)14-7-6-11-26(33)37-25(31)21-29/h18-20,23,25H,6,8-13,15-17,21-22H2,1-5H3/t25-,29+,30+,31+,32-/m1/s1. The Morgan fingerprint density at radius 1 is 1.14 bits per heavy atom. The third-order valence-corrected chi connectivity index (χ3v) is 10.7. The van der Waals surface area contributed by atoms with E-state index in [9.17, 15) is 9.59 Å². The van der Waals surface area contributed by atoms with Gasteiger partial charge in [-0.25, -0.2) is 4.79 Å². The summed E-state index contributed by atoms with van der Waals surface area (Å²) in [6.07, 6.45) is 15.1. The summed E-state index contributed by atoms with van der Waals surface area (Å²) in [5.41, 5.74) is -0.684. The molecule has 0 aromatic carbocycles. The van der Waals surface area contributed by atoms with Gasteiger partial charge in [-0.3, -0.25) is 4.79 Å². The Bertz CT molecular complexity index is 1070. The van der Waals surface area contributed by atoms with Crippen molar-refractivity contribution in [1.29, 1.82) is 0 Å². The van der Waals surface area contributed by atoms with Crippen molar-refractivity contribution in [3.05, 3.63) is 24.0 Å². The van der Waals surface area contributed by atoms with Crippen LogP contribution < -0.4 is 0 Å². The molecule has 0 N–H and O–H groups in total. The van der Waals surface area contributed by atoms with Gasteiger partial charge in [-0.2, -0.15) is 0 Å². The Labute approximate surface area is 222 Å². The molecule has 0 unspecified atom stereocenters. The molecule has 0 saturated heterocycles. The van der Waals surface area contributed by atoms with Crippen LogP contribution in [0.15, 0.2) is 24.0 Å². The van der Waals surface area contributed by atoms with Crippen molar-refractivity contribution in [2.75, 3.05) is 6.61 Å². The van der Waals surface area contributed by atoms with Crippen molar-refractivity contribution in [1.82, 2.24) is 0 Å². The van der Waals surface area contributed by atoms with E-state index in [1.807, 2.05) is 6.26 Å². The Hall–Kier alpha value is -2.22. The molecule has 0 amide bonds. The fraction of sp³-hybridized carbons (Fsp3) is 0.750. The van der Waals surface area contributed by atoms with E-state index in [-0.39, 0.29) is 34.3 Å². The highest BCUT2D eigenvalue weighted by molar-refractivity contribution is 5.85. The fourth-order valence-corrected chi connectivity index (χ4v) is 9.13. The van der Waals surface area contributed by atoms with Gasteiger partial charge in [0.1, 0.15) is 18.3 Å². The number of cyclic esters (lactones) is 1. The molecule has 5 nitrogen and oxygen atoms in total. The van der Waals surface area contributed by atoms with Crippen LogP contribution in [-0.4, -0.2) is 30.3 Å². The molecule has 5 aliphatic rings. The Kier molecular flexibility index (Phi) is 6.57. The third-order valence-electron chi connectivity index (χ3n) is 10.7. The monoisotopic (exact) mass is 508 g/mol. The zero-order valence-electron chi connectivity index (χ0n) is 23.4. The van der Waals surface area contributed by atoms with Crippen LogP contribution in [0.25, 0.3) is 0 Å². The van der Waals surface area contributed by atoms with Gasteiger partial charge in [-0.15, -0.1) is 5.92 Å². The molecule has 5 atom stereocenters. The molecule has 0 radical (unpaired) electrons. The second-order valence-corrected chi connectivity index (χ2v) is 13.4. The molecule has 2 saturated carbocycles. The van der Waals surface area contributed by atoms with Gasteiger partial charge in [0.25, 0.3) is 0 Å². The van der Waals surface area contributed by atoms with Crippen LogP contribution in [0.5, 0.6) is 0 Å². The van der Waals surface area contributed by atoms with Gasteiger partial charge in [0.2, 0.25) is 0 Å². The summed E-state index contributed by atoms with van der Waals surface area (Å²) >= 11 is 0. The van der Waals surface area contributed by atoms with Crippen LogP contribution in [0.2, 0.25) is 0 Å². The van der Waals surface area contributed by atoms with Crippen LogP contribution in [0.3, 0.4) is 0 Å². The zero-order chi connectivity index (χ0) is 26.5. The lowest BCUT2D eigenvalue weighted by Crippen LogP contribution is -2.78. The number of hydrogen-bond donors (Lipinski definition) is 0. The molecular weight excluding hydrogens is 464 g/mol. The number of ether oxygens (including phenoxy) is 3. The van der Waals surface area contributed by atoms with E-state index in [2.05, 4.69) is 52.5 Å². The molecule has 0 aromatic rings. The first-order valence-corrected chi connectivity index (χ1v) is 14.4. The predicted molar refractivity (Wildman–Crippen MR) is 142 cm³/mol. The average molecular weight is 509 g/mol. The van der Waals surface area contributed by atoms with Gasteiger partial charge in [0.05, 0.1) is 18.1 Å². The van der Waals surface area contributed by atoms with Crippen molar-refractivity contribution in [3.8, 4) is 11.8 Å². The van der Waals surface area contributed by atoms with Crippen LogP contribution in [0, 0.1) is 39.4 Å². The highest BCUT2D eigenvalue weighted by Crippen LogP contribution is 2.78. The third kappa shape index (κ3) is 3.80. The maximum Gasteiger partial charge on any atom is 0.331 e. The molecule has 0 spiro atoms. The molecule has 3 aliphatic heterocycles. The minimum atomic E-state index is -0.559. The minimum Gasteiger partial charge on any atom is -0.493 e. The summed E-state index contributed by atoms with van der Waals surface area (Å²) in [4.78, 5) is 24.9. The SMILES string of the molecule is CC(C)CCC[C@]12CCCC(C)(C)[C@@]13C=CO[C@]2(CCC1=CC(=O)OC1)[C@@]1(C)C#CCCC(=O)O[C@@H]3C1. The molecule has 3 heterocycles. The summed E-state index contributed by atoms with van der Waals surface area (Å²) in [5, 5.41) is 0. The molecule has 0 aromatic heterocycles. The van der Waals surface area contributed by atoms with E-state index in [0.717, 1.165) is 56.9 Å². The summed E-state index contributed by atoms with van der Waals surface area (Å²) in [5.74, 6) is 7.31. The lowest BCUT2D eigenvalue weighted by molar-refractivity contribution is -0.319. The number of fused-ring (bicyclic) bond motifs is 3. The summed E-state index contributed by atoms with van der Waals surface area (Å²) < 4.78 is 18.8. The van der Waals surface area contributed by atoms with E-state index in [1.54, 1.807) is 6.08 Å². The number of rotatable bonds is 7. The highest BCUT2D eigenvalue weighted by Gasteiger charge is 2.80. The maximum atomic E-state index is 13.1. The van der Waals surface area contributed by atoms with Crippen molar-refractivity contribution in [2.45, 2.75) is 117 Å². The Morgan fingerprint density at radius 3 is 2.68 bits per heavy atom. The lowest BCUT2D eigenvalue weighted by Gasteiger charge is -2.75. The molecular formula is C32H44O5. The predicted octanol–water partition coefficient (Wildman–Crippen LogP) is 6.66. The van der Waals surface area contributed by atoms with Gasteiger partial charge < -0.3 is 14.2 Å². The summed E-state index contributed by atoms with van der Waals surface area (Å²) in [7, 11) is 0. The van der Waals surface area contributed by atoms with Crippen LogP contribution in [0.1, 0.15) is 105 Å². The van der Waals surface area contributed by atoms with Crippen molar-refractivity contribution < 1.29 is 23.8 Å². The van der Waals surface area contributed by atoms with Gasteiger partial charge in [0, 0.05) is 29.7 Å². The van der Waals surface area contributed by atoms with Crippen LogP contribution in [0.4, 0.5) is 0 Å². The fourth-order valence-electron chi connectivity index (χ4n) is 9.13. The molecule has 37 heavy (non-hydrogen) atoms. The van der Waals surface area contributed by atoms with Gasteiger partial charge >= 0.3 is 11.9 Å². The summed E-state index contributed by atoms with van der Waals surface area (Å²) in [6, 6.07) is 0. The molecule has 2 fully saturated rings. The molecule has 5 heteroatoms. The zero-order valence-corrected chi connectivity index (χ0v) is 23.4. The van der Waals surface area contributed by atoms with E-state index < -0.39 is 11.0 Å². The highest BCUT2D eigenvalue weighted by atomic mass is 16.5. The average Bonchev–Trinajstić information content (AvgIpc) is 3.26. The van der Waals surface area contributed by atoms with E-state index in [0.29, 0.717) is 31.8 Å². The number of carbonyl (C=O) groups is 2. The number of esters is 2. The van der Waals surface area contributed by atoms with Gasteiger partial charge in [-0.05, 0) is 62.0 Å². The first-order chi connectivity index (χ1) is 17.5. The normalized spacial score (nSPS) is 39.6. The number of carbonyl (C=O) groups excluding carboxylic acids is 2. The van der Waals surface area contributed by atoms with Crippen molar-refractivity contribution >= 4 is 11.9 Å². The molecule has 2 aliphatic carbocycles.